The van der Waals surface area contributed by atoms with Gasteiger partial charge in [-0.25, -0.2) is 0 Å². The maximum absolute atomic E-state index is 11.1. The van der Waals surface area contributed by atoms with Gasteiger partial charge in [0.1, 0.15) is 0 Å². The summed E-state index contributed by atoms with van der Waals surface area (Å²) in [6.07, 6.45) is -0.155. The van der Waals surface area contributed by atoms with Crippen LogP contribution in [0.5, 0.6) is 0 Å². The third-order valence-corrected chi connectivity index (χ3v) is 3.19. The van der Waals surface area contributed by atoms with Crippen molar-refractivity contribution in [3.63, 3.8) is 0 Å². The number of nitrogens with one attached hydrogen (secondary N) is 2. The van der Waals surface area contributed by atoms with Crippen molar-refractivity contribution in [1.82, 2.24) is 10.6 Å². The molecule has 1 aliphatic heterocycles. The summed E-state index contributed by atoms with van der Waals surface area (Å²) < 4.78 is 11.2. The highest BCUT2D eigenvalue weighted by Crippen LogP contribution is 2.17. The van der Waals surface area contributed by atoms with Gasteiger partial charge in [-0.15, -0.1) is 0 Å². The summed E-state index contributed by atoms with van der Waals surface area (Å²) in [5.41, 5.74) is 1.18. The zero-order valence-corrected chi connectivity index (χ0v) is 12.3. The molecule has 0 bridgehead atoms. The summed E-state index contributed by atoms with van der Waals surface area (Å²) in [7, 11) is 0. The molecule has 0 aromatic heterocycles. The molecule has 1 aliphatic rings. The van der Waals surface area contributed by atoms with E-state index < -0.39 is 0 Å². The first kappa shape index (κ1) is 14.5. The van der Waals surface area contributed by atoms with Gasteiger partial charge in [-0.3, -0.25) is 15.4 Å². The topological polar surface area (TPSA) is 62.9 Å². The lowest BCUT2D eigenvalue weighted by Crippen LogP contribution is -2.31. The Balaban J connectivity index is 1.62. The van der Waals surface area contributed by atoms with Crippen molar-refractivity contribution in [1.29, 1.82) is 0 Å². The highest BCUT2D eigenvalue weighted by Gasteiger charge is 2.38. The van der Waals surface area contributed by atoms with Crippen molar-refractivity contribution in [3.8, 4) is 0 Å². The minimum Gasteiger partial charge on any atom is -0.465 e. The summed E-state index contributed by atoms with van der Waals surface area (Å²) in [5, 5.41) is 6.22. The van der Waals surface area contributed by atoms with E-state index in [-0.39, 0.29) is 25.0 Å². The minimum absolute atomic E-state index is 0.0435. The lowest BCUT2D eigenvalue weighted by molar-refractivity contribution is -0.142. The third kappa shape index (κ3) is 4.91. The molecule has 0 aliphatic carbocycles. The maximum Gasteiger partial charge on any atom is 0.319 e. The molecule has 0 spiro atoms. The van der Waals surface area contributed by atoms with Crippen molar-refractivity contribution >= 4 is 21.9 Å². The van der Waals surface area contributed by atoms with Crippen molar-refractivity contribution in [2.75, 3.05) is 13.2 Å². The number of halogens is 1. The Labute approximate surface area is 120 Å². The molecule has 1 heterocycles. The molecule has 2 atom stereocenters. The summed E-state index contributed by atoms with van der Waals surface area (Å²) in [5.74, 6) is -0.260. The highest BCUT2D eigenvalue weighted by atomic mass is 79.9. The number of hydrogen-bond donors (Lipinski definition) is 2. The summed E-state index contributed by atoms with van der Waals surface area (Å²) >= 11 is 3.40. The monoisotopic (exact) mass is 328 g/mol. The molecule has 1 aromatic rings. The van der Waals surface area contributed by atoms with Crippen LogP contribution in [0.2, 0.25) is 0 Å². The zero-order valence-electron chi connectivity index (χ0n) is 10.7. The van der Waals surface area contributed by atoms with Gasteiger partial charge < -0.3 is 9.47 Å². The van der Waals surface area contributed by atoms with E-state index in [9.17, 15) is 4.79 Å². The summed E-state index contributed by atoms with van der Waals surface area (Å²) in [6, 6.07) is 8.09. The van der Waals surface area contributed by atoms with Crippen LogP contribution in [0.3, 0.4) is 0 Å². The van der Waals surface area contributed by atoms with Crippen LogP contribution in [0.4, 0.5) is 0 Å². The molecular weight excluding hydrogens is 312 g/mol. The van der Waals surface area contributed by atoms with Gasteiger partial charge in [-0.2, -0.15) is 0 Å². The number of hydrogen-bond acceptors (Lipinski definition) is 5. The SMILES string of the molecule is CCOC(=O)CNC1OC1NCc1ccc(Br)cc1. The van der Waals surface area contributed by atoms with Crippen LogP contribution in [-0.2, 0) is 20.8 Å². The Morgan fingerprint density at radius 1 is 1.32 bits per heavy atom. The molecule has 1 fully saturated rings. The number of benzene rings is 1. The van der Waals surface area contributed by atoms with E-state index in [1.807, 2.05) is 24.3 Å². The average Bonchev–Trinajstić information content (AvgIpc) is 3.15. The molecule has 19 heavy (non-hydrogen) atoms. The fraction of sp³-hybridized carbons (Fsp3) is 0.462. The molecule has 2 rings (SSSR count). The van der Waals surface area contributed by atoms with E-state index in [4.69, 9.17) is 9.47 Å². The molecular formula is C13H17BrN2O3. The highest BCUT2D eigenvalue weighted by molar-refractivity contribution is 9.10. The first-order valence-electron chi connectivity index (χ1n) is 6.21. The molecule has 104 valence electrons. The molecule has 1 aromatic carbocycles. The van der Waals surface area contributed by atoms with Gasteiger partial charge in [0.15, 0.2) is 12.5 Å². The van der Waals surface area contributed by atoms with Crippen LogP contribution in [0.15, 0.2) is 28.7 Å². The number of carbonyl (C=O) groups is 1. The quantitative estimate of drug-likeness (QED) is 0.584. The molecule has 5 nitrogen and oxygen atoms in total. The molecule has 0 amide bonds. The predicted octanol–water partition coefficient (Wildman–Crippen LogP) is 1.37. The number of rotatable bonds is 7. The average molecular weight is 329 g/mol. The van der Waals surface area contributed by atoms with Crippen molar-refractivity contribution < 1.29 is 14.3 Å². The van der Waals surface area contributed by atoms with Crippen molar-refractivity contribution in [2.24, 2.45) is 0 Å². The van der Waals surface area contributed by atoms with Crippen LogP contribution in [0.25, 0.3) is 0 Å². The molecule has 0 radical (unpaired) electrons. The molecule has 2 unspecified atom stereocenters. The molecule has 6 heteroatoms. The Kier molecular flexibility index (Phi) is 5.33. The number of carbonyl (C=O) groups excluding carboxylic acids is 1. The largest absolute Gasteiger partial charge is 0.465 e. The second-order valence-corrected chi connectivity index (χ2v) is 5.09. The van der Waals surface area contributed by atoms with Crippen LogP contribution in [0, 0.1) is 0 Å². The summed E-state index contributed by atoms with van der Waals surface area (Å²) in [4.78, 5) is 11.1. The Bertz CT molecular complexity index is 424. The van der Waals surface area contributed by atoms with Crippen LogP contribution in [0.1, 0.15) is 12.5 Å². The van der Waals surface area contributed by atoms with Gasteiger partial charge in [-0.1, -0.05) is 28.1 Å². The fourth-order valence-electron chi connectivity index (χ4n) is 1.64. The number of ether oxygens (including phenoxy) is 2. The van der Waals surface area contributed by atoms with Gasteiger partial charge >= 0.3 is 5.97 Å². The smallest absolute Gasteiger partial charge is 0.319 e. The fourth-order valence-corrected chi connectivity index (χ4v) is 1.90. The first-order chi connectivity index (χ1) is 9.19. The Morgan fingerprint density at radius 3 is 2.68 bits per heavy atom. The molecule has 0 saturated carbocycles. The number of epoxide rings is 1. The second kappa shape index (κ2) is 7.00. The van der Waals surface area contributed by atoms with Crippen LogP contribution in [-0.4, -0.2) is 31.6 Å². The van der Waals surface area contributed by atoms with Gasteiger partial charge in [0.2, 0.25) is 0 Å². The van der Waals surface area contributed by atoms with Crippen molar-refractivity contribution in [3.05, 3.63) is 34.3 Å². The van der Waals surface area contributed by atoms with E-state index in [1.54, 1.807) is 6.92 Å². The Hall–Kier alpha value is -0.950. The second-order valence-electron chi connectivity index (χ2n) is 4.17. The predicted molar refractivity (Wildman–Crippen MR) is 74.3 cm³/mol. The Morgan fingerprint density at radius 2 is 2.00 bits per heavy atom. The normalized spacial score (nSPS) is 21.2. The van der Waals surface area contributed by atoms with Gasteiger partial charge in [0.05, 0.1) is 13.2 Å². The van der Waals surface area contributed by atoms with Crippen molar-refractivity contribution in [2.45, 2.75) is 25.9 Å². The lowest BCUT2D eigenvalue weighted by atomic mass is 10.2. The first-order valence-corrected chi connectivity index (χ1v) is 7.00. The van der Waals surface area contributed by atoms with Gasteiger partial charge in [-0.05, 0) is 24.6 Å². The third-order valence-electron chi connectivity index (χ3n) is 2.67. The molecule has 2 N–H and O–H groups in total. The maximum atomic E-state index is 11.1. The van der Waals surface area contributed by atoms with Gasteiger partial charge in [0.25, 0.3) is 0 Å². The van der Waals surface area contributed by atoms with E-state index in [0.717, 1.165) is 11.0 Å². The zero-order chi connectivity index (χ0) is 13.7. The van der Waals surface area contributed by atoms with E-state index in [1.165, 1.54) is 5.56 Å². The van der Waals surface area contributed by atoms with Gasteiger partial charge in [0, 0.05) is 11.0 Å². The van der Waals surface area contributed by atoms with E-state index in [0.29, 0.717) is 6.61 Å². The van der Waals surface area contributed by atoms with E-state index in [2.05, 4.69) is 26.6 Å². The van der Waals surface area contributed by atoms with E-state index >= 15 is 0 Å². The summed E-state index contributed by atoms with van der Waals surface area (Å²) in [6.45, 7) is 3.09. The van der Waals surface area contributed by atoms with Crippen LogP contribution < -0.4 is 10.6 Å². The lowest BCUT2D eigenvalue weighted by Gasteiger charge is -2.03. The number of esters is 1. The molecule has 1 saturated heterocycles. The van der Waals surface area contributed by atoms with Crippen LogP contribution >= 0.6 is 15.9 Å². The standard InChI is InChI=1S/C13H17BrN2O3/c1-2-18-11(17)8-16-13-12(19-13)15-7-9-3-5-10(14)6-4-9/h3-6,12-13,15-16H,2,7-8H2,1H3. The minimum atomic E-state index is -0.260.